The van der Waals surface area contributed by atoms with Gasteiger partial charge in [-0.15, -0.1) is 11.3 Å². The summed E-state index contributed by atoms with van der Waals surface area (Å²) >= 11 is 10.2. The van der Waals surface area contributed by atoms with Crippen molar-refractivity contribution in [3.8, 4) is 0 Å². The van der Waals surface area contributed by atoms with Crippen molar-refractivity contribution in [2.75, 3.05) is 11.9 Å². The number of hydrogen-bond acceptors (Lipinski definition) is 4. The van der Waals surface area contributed by atoms with Gasteiger partial charge in [0.05, 0.1) is 4.34 Å². The fraction of sp³-hybridized carbons (Fsp3) is 0.267. The molecule has 0 spiro atoms. The minimum atomic E-state index is -3.72. The van der Waals surface area contributed by atoms with Gasteiger partial charge in [-0.1, -0.05) is 33.6 Å². The van der Waals surface area contributed by atoms with Gasteiger partial charge in [-0.25, -0.2) is 8.42 Å². The Balaban J connectivity index is 1.81. The first-order chi connectivity index (χ1) is 11.4. The molecule has 1 amide bonds. The summed E-state index contributed by atoms with van der Waals surface area (Å²) in [6.45, 7) is 0.328. The first-order valence-electron chi connectivity index (χ1n) is 7.21. The zero-order valence-electron chi connectivity index (χ0n) is 12.4. The van der Waals surface area contributed by atoms with E-state index in [-0.39, 0.29) is 10.1 Å². The smallest absolute Gasteiger partial charge is 0.253 e. The van der Waals surface area contributed by atoms with E-state index < -0.39 is 16.1 Å². The summed E-state index contributed by atoms with van der Waals surface area (Å²) < 4.78 is 28.2. The molecule has 24 heavy (non-hydrogen) atoms. The van der Waals surface area contributed by atoms with Crippen molar-refractivity contribution in [3.05, 3.63) is 45.2 Å². The van der Waals surface area contributed by atoms with Gasteiger partial charge in [0.2, 0.25) is 5.91 Å². The molecule has 1 fully saturated rings. The van der Waals surface area contributed by atoms with E-state index >= 15 is 0 Å². The molecule has 1 N–H and O–H groups in total. The Bertz CT molecular complexity index is 869. The fourth-order valence-electron chi connectivity index (χ4n) is 2.63. The highest BCUT2D eigenvalue weighted by atomic mass is 79.9. The third-order valence-corrected chi connectivity index (χ3v) is 7.81. The van der Waals surface area contributed by atoms with Gasteiger partial charge in [0.15, 0.2) is 0 Å². The van der Waals surface area contributed by atoms with Crippen LogP contribution in [0.4, 0.5) is 5.69 Å². The van der Waals surface area contributed by atoms with Gasteiger partial charge in [-0.05, 0) is 43.2 Å². The lowest BCUT2D eigenvalue weighted by Gasteiger charge is -2.22. The Morgan fingerprint density at radius 2 is 2.12 bits per heavy atom. The summed E-state index contributed by atoms with van der Waals surface area (Å²) in [6.07, 6.45) is 1.15. The molecule has 0 radical (unpaired) electrons. The first kappa shape index (κ1) is 17.9. The van der Waals surface area contributed by atoms with Crippen LogP contribution in [0.1, 0.15) is 12.8 Å². The van der Waals surface area contributed by atoms with Gasteiger partial charge >= 0.3 is 0 Å². The van der Waals surface area contributed by atoms with Gasteiger partial charge in [-0.2, -0.15) is 4.31 Å². The normalized spacial score (nSPS) is 18.7. The van der Waals surface area contributed by atoms with Gasteiger partial charge in [0, 0.05) is 16.7 Å². The number of anilines is 1. The van der Waals surface area contributed by atoms with Crippen LogP contribution in [0, 0.1) is 0 Å². The highest BCUT2D eigenvalue weighted by Gasteiger charge is 2.40. The molecule has 0 saturated carbocycles. The van der Waals surface area contributed by atoms with E-state index in [2.05, 4.69) is 21.2 Å². The summed E-state index contributed by atoms with van der Waals surface area (Å²) in [7, 11) is -3.72. The number of amides is 1. The van der Waals surface area contributed by atoms with Crippen LogP contribution in [0.3, 0.4) is 0 Å². The van der Waals surface area contributed by atoms with E-state index in [1.807, 2.05) is 6.07 Å². The van der Waals surface area contributed by atoms with Crippen LogP contribution in [-0.2, 0) is 14.8 Å². The molecule has 1 atom stereocenters. The summed E-state index contributed by atoms with van der Waals surface area (Å²) in [4.78, 5) is 12.6. The summed E-state index contributed by atoms with van der Waals surface area (Å²) in [5.74, 6) is -0.322. The molecule has 1 aliphatic rings. The molecule has 1 saturated heterocycles. The number of nitrogens with zero attached hydrogens (tertiary/aromatic N) is 1. The van der Waals surface area contributed by atoms with Gasteiger partial charge in [-0.3, -0.25) is 4.79 Å². The molecule has 0 unspecified atom stereocenters. The van der Waals surface area contributed by atoms with E-state index in [4.69, 9.17) is 11.6 Å². The minimum absolute atomic E-state index is 0.162. The van der Waals surface area contributed by atoms with E-state index in [1.54, 1.807) is 24.3 Å². The summed E-state index contributed by atoms with van der Waals surface area (Å²) in [5.41, 5.74) is 0.623. The van der Waals surface area contributed by atoms with E-state index in [9.17, 15) is 13.2 Å². The van der Waals surface area contributed by atoms with Crippen molar-refractivity contribution in [1.82, 2.24) is 4.31 Å². The number of hydrogen-bond donors (Lipinski definition) is 1. The third-order valence-electron chi connectivity index (χ3n) is 3.71. The first-order valence-corrected chi connectivity index (χ1v) is 10.6. The number of rotatable bonds is 4. The molecule has 0 bridgehead atoms. The average molecular weight is 450 g/mol. The van der Waals surface area contributed by atoms with Crippen LogP contribution in [-0.4, -0.2) is 31.2 Å². The predicted molar refractivity (Wildman–Crippen MR) is 99.0 cm³/mol. The second kappa shape index (κ2) is 7.13. The molecule has 1 aromatic carbocycles. The molecule has 9 heteroatoms. The molecule has 2 heterocycles. The van der Waals surface area contributed by atoms with Crippen LogP contribution in [0.25, 0.3) is 0 Å². The van der Waals surface area contributed by atoms with Gasteiger partial charge in [0.25, 0.3) is 10.0 Å². The number of carbonyl (C=O) groups excluding carboxylic acids is 1. The molecular weight excluding hydrogens is 436 g/mol. The van der Waals surface area contributed by atoms with Crippen molar-refractivity contribution in [2.24, 2.45) is 0 Å². The number of halogens is 2. The lowest BCUT2D eigenvalue weighted by molar-refractivity contribution is -0.119. The van der Waals surface area contributed by atoms with Crippen molar-refractivity contribution >= 4 is 60.5 Å². The van der Waals surface area contributed by atoms with E-state index in [0.29, 0.717) is 29.4 Å². The minimum Gasteiger partial charge on any atom is -0.325 e. The lowest BCUT2D eigenvalue weighted by atomic mass is 10.2. The number of benzene rings is 1. The number of thiophene rings is 1. The van der Waals surface area contributed by atoms with E-state index in [0.717, 1.165) is 15.8 Å². The summed E-state index contributed by atoms with van der Waals surface area (Å²) in [6, 6.07) is 9.49. The quantitative estimate of drug-likeness (QED) is 0.768. The predicted octanol–water partition coefficient (Wildman–Crippen LogP) is 3.96. The van der Waals surface area contributed by atoms with Crippen LogP contribution in [0.5, 0.6) is 0 Å². The molecule has 1 aliphatic heterocycles. The van der Waals surface area contributed by atoms with Crippen molar-refractivity contribution < 1.29 is 13.2 Å². The maximum absolute atomic E-state index is 12.8. The van der Waals surface area contributed by atoms with Gasteiger partial charge in [0.1, 0.15) is 10.3 Å². The second-order valence-electron chi connectivity index (χ2n) is 5.33. The Morgan fingerprint density at radius 1 is 1.33 bits per heavy atom. The standard InChI is InChI=1S/C15H14BrClN2O3S2/c16-10-3-1-4-11(9-10)18-15(20)12-5-2-8-19(12)24(21,22)14-7-6-13(17)23-14/h1,3-4,6-7,9,12H,2,5,8H2,(H,18,20)/t12-/m1/s1. The zero-order chi connectivity index (χ0) is 17.3. The monoisotopic (exact) mass is 448 g/mol. The Kier molecular flexibility index (Phi) is 5.31. The largest absolute Gasteiger partial charge is 0.325 e. The third kappa shape index (κ3) is 3.67. The Hall–Kier alpha value is -0.930. The highest BCUT2D eigenvalue weighted by Crippen LogP contribution is 2.32. The molecule has 5 nitrogen and oxygen atoms in total. The molecule has 3 rings (SSSR count). The second-order valence-corrected chi connectivity index (χ2v) is 10.1. The molecular formula is C15H14BrClN2O3S2. The Morgan fingerprint density at radius 3 is 2.79 bits per heavy atom. The van der Waals surface area contributed by atoms with Crippen molar-refractivity contribution in [1.29, 1.82) is 0 Å². The number of carbonyl (C=O) groups is 1. The highest BCUT2D eigenvalue weighted by molar-refractivity contribution is 9.10. The van der Waals surface area contributed by atoms with E-state index in [1.165, 1.54) is 10.4 Å². The fourth-order valence-corrected chi connectivity index (χ4v) is 6.30. The topological polar surface area (TPSA) is 66.5 Å². The van der Waals surface area contributed by atoms with Crippen LogP contribution in [0.15, 0.2) is 45.1 Å². The molecule has 0 aliphatic carbocycles. The number of sulfonamides is 1. The van der Waals surface area contributed by atoms with Crippen molar-refractivity contribution in [2.45, 2.75) is 23.1 Å². The summed E-state index contributed by atoms with van der Waals surface area (Å²) in [5, 5.41) is 2.79. The maximum Gasteiger partial charge on any atom is 0.253 e. The molecule has 128 valence electrons. The van der Waals surface area contributed by atoms with Gasteiger partial charge < -0.3 is 5.32 Å². The molecule has 2 aromatic rings. The number of nitrogens with one attached hydrogen (secondary N) is 1. The lowest BCUT2D eigenvalue weighted by Crippen LogP contribution is -2.42. The van der Waals surface area contributed by atoms with Crippen molar-refractivity contribution in [3.63, 3.8) is 0 Å². The SMILES string of the molecule is O=C(Nc1cccc(Br)c1)[C@H]1CCCN1S(=O)(=O)c1ccc(Cl)s1. The zero-order valence-corrected chi connectivity index (χ0v) is 16.4. The maximum atomic E-state index is 12.8. The average Bonchev–Trinajstić information content (AvgIpc) is 3.16. The van der Waals surface area contributed by atoms with Crippen LogP contribution >= 0.6 is 38.9 Å². The Labute approximate surface area is 157 Å². The van der Waals surface area contributed by atoms with Crippen LogP contribution in [0.2, 0.25) is 4.34 Å². The van der Waals surface area contributed by atoms with Crippen LogP contribution < -0.4 is 5.32 Å². The molecule has 1 aromatic heterocycles.